The Morgan fingerprint density at radius 2 is 1.56 bits per heavy atom. The van der Waals surface area contributed by atoms with E-state index in [-0.39, 0.29) is 62.3 Å². The molecule has 0 heterocycles. The Balaban J connectivity index is 1.17. The van der Waals surface area contributed by atoms with Gasteiger partial charge >= 0.3 is 11.9 Å². The molecule has 0 radical (unpaired) electrons. The van der Waals surface area contributed by atoms with Gasteiger partial charge in [0.25, 0.3) is 0 Å². The average molecular weight is 745 g/mol. The van der Waals surface area contributed by atoms with Crippen molar-refractivity contribution in [1.29, 1.82) is 0 Å². The Kier molecular flexibility index (Phi) is 11.0. The summed E-state index contributed by atoms with van der Waals surface area (Å²) in [6.45, 7) is 19.3. The van der Waals surface area contributed by atoms with Crippen LogP contribution in [0.2, 0.25) is 0 Å². The Labute approximate surface area is 324 Å². The third kappa shape index (κ3) is 6.95. The molecule has 6 rings (SSSR count). The van der Waals surface area contributed by atoms with Crippen LogP contribution in [0.5, 0.6) is 0 Å². The highest BCUT2D eigenvalue weighted by molar-refractivity contribution is 5.89. The number of esters is 1. The van der Waals surface area contributed by atoms with Crippen molar-refractivity contribution in [2.75, 3.05) is 6.54 Å². The smallest absolute Gasteiger partial charge is 0.338 e. The van der Waals surface area contributed by atoms with Crippen molar-refractivity contribution in [3.63, 3.8) is 0 Å². The molecule has 1 aromatic rings. The molecule has 0 aromatic heterocycles. The van der Waals surface area contributed by atoms with Crippen molar-refractivity contribution in [2.45, 2.75) is 157 Å². The van der Waals surface area contributed by atoms with Crippen molar-refractivity contribution in [3.05, 3.63) is 47.5 Å². The zero-order chi connectivity index (χ0) is 39.3. The molecule has 8 nitrogen and oxygen atoms in total. The molecule has 8 heteroatoms. The fourth-order valence-corrected chi connectivity index (χ4v) is 12.9. The molecular weight excluding hydrogens is 677 g/mol. The minimum Gasteiger partial charge on any atom is -0.480 e. The van der Waals surface area contributed by atoms with E-state index in [0.717, 1.165) is 77.0 Å². The van der Waals surface area contributed by atoms with Crippen molar-refractivity contribution in [3.8, 4) is 0 Å². The number of aliphatic carboxylic acids is 1. The summed E-state index contributed by atoms with van der Waals surface area (Å²) < 4.78 is 6.32. The molecule has 3 N–H and O–H groups in total. The lowest BCUT2D eigenvalue weighted by Crippen LogP contribution is -2.65. The number of allylic oxidation sites excluding steroid dienone is 2. The van der Waals surface area contributed by atoms with E-state index < -0.39 is 12.0 Å². The highest BCUT2D eigenvalue weighted by atomic mass is 16.5. The molecule has 4 saturated carbocycles. The van der Waals surface area contributed by atoms with Crippen molar-refractivity contribution in [1.82, 2.24) is 10.6 Å². The first-order valence-corrected chi connectivity index (χ1v) is 21.1. The largest absolute Gasteiger partial charge is 0.480 e. The molecule has 54 heavy (non-hydrogen) atoms. The predicted octanol–water partition coefficient (Wildman–Crippen LogP) is 9.28. The second-order valence-corrected chi connectivity index (χ2v) is 20.2. The molecule has 0 unspecified atom stereocenters. The summed E-state index contributed by atoms with van der Waals surface area (Å²) in [5.41, 5.74) is 2.09. The molecule has 0 saturated heterocycles. The lowest BCUT2D eigenvalue weighted by Gasteiger charge is -2.71. The Morgan fingerprint density at radius 1 is 0.852 bits per heavy atom. The second-order valence-electron chi connectivity index (χ2n) is 20.2. The quantitative estimate of drug-likeness (QED) is 0.118. The highest BCUT2D eigenvalue weighted by Crippen LogP contribution is 2.76. The van der Waals surface area contributed by atoms with Crippen LogP contribution in [0.4, 0.5) is 0 Å². The number of benzene rings is 1. The van der Waals surface area contributed by atoms with E-state index in [1.54, 1.807) is 5.57 Å². The van der Waals surface area contributed by atoms with Gasteiger partial charge in [0, 0.05) is 18.4 Å². The Bertz CT molecular complexity index is 1630. The minimum absolute atomic E-state index is 0.0191. The summed E-state index contributed by atoms with van der Waals surface area (Å²) in [7, 11) is 0. The number of nitrogens with one attached hydrogen (secondary N) is 2. The number of amides is 2. The maximum atomic E-state index is 14.4. The standard InChI is InChI=1S/C46H68N2O6/c1-30(38(50)51)48-37(49)17-13-10-14-28-47-40(53)46-26-24-41(2,3)29-33(46)32-18-19-35-43(6)22-21-36(54-39(52)31-15-11-9-12-16-31)42(4,5)34(43)20-23-45(35,8)44(32,7)25-27-46/h9,11-12,15-16,18,30,33-36H,10,13-14,17,19-29H2,1-8H3,(H,47,53)(H,48,49)(H,50,51)/t30-,33-,34-,35+,36-,43-,44+,45+,46-/m0/s1. The van der Waals surface area contributed by atoms with Crippen LogP contribution in [-0.2, 0) is 19.1 Å². The molecule has 9 atom stereocenters. The van der Waals surface area contributed by atoms with Gasteiger partial charge in [-0.1, -0.05) is 84.7 Å². The number of carboxylic acids is 1. The summed E-state index contributed by atoms with van der Waals surface area (Å²) in [5.74, 6) is -0.0760. The fraction of sp³-hybridized carbons (Fsp3) is 0.739. The van der Waals surface area contributed by atoms with Gasteiger partial charge in [-0.15, -0.1) is 0 Å². The van der Waals surface area contributed by atoms with E-state index in [4.69, 9.17) is 9.84 Å². The molecular formula is C46H68N2O6. The van der Waals surface area contributed by atoms with Gasteiger partial charge in [0.15, 0.2) is 0 Å². The van der Waals surface area contributed by atoms with Gasteiger partial charge in [-0.25, -0.2) is 4.79 Å². The second kappa shape index (κ2) is 14.7. The third-order valence-electron chi connectivity index (χ3n) is 16.4. The number of hydrogen-bond donors (Lipinski definition) is 3. The fourth-order valence-electron chi connectivity index (χ4n) is 12.9. The number of carboxylic acid groups (broad SMARTS) is 1. The van der Waals surface area contributed by atoms with Gasteiger partial charge in [0.2, 0.25) is 11.8 Å². The van der Waals surface area contributed by atoms with Crippen LogP contribution in [-0.4, -0.2) is 47.6 Å². The normalized spacial score (nSPS) is 36.8. The van der Waals surface area contributed by atoms with E-state index in [9.17, 15) is 19.2 Å². The van der Waals surface area contributed by atoms with E-state index in [0.29, 0.717) is 36.8 Å². The number of fused-ring (bicyclic) bond motifs is 7. The molecule has 298 valence electrons. The molecule has 4 fully saturated rings. The van der Waals surface area contributed by atoms with E-state index in [1.165, 1.54) is 6.92 Å². The molecule has 1 aromatic carbocycles. The van der Waals surface area contributed by atoms with Crippen LogP contribution < -0.4 is 10.6 Å². The Morgan fingerprint density at radius 3 is 2.26 bits per heavy atom. The van der Waals surface area contributed by atoms with E-state index >= 15 is 0 Å². The first-order chi connectivity index (χ1) is 25.3. The van der Waals surface area contributed by atoms with Crippen LogP contribution in [0.3, 0.4) is 0 Å². The molecule has 0 spiro atoms. The van der Waals surface area contributed by atoms with Gasteiger partial charge in [0.05, 0.1) is 11.0 Å². The van der Waals surface area contributed by atoms with E-state index in [1.807, 2.05) is 30.3 Å². The first kappa shape index (κ1) is 40.5. The average Bonchev–Trinajstić information content (AvgIpc) is 3.11. The first-order valence-electron chi connectivity index (χ1n) is 21.1. The summed E-state index contributed by atoms with van der Waals surface area (Å²) in [6, 6.07) is 8.52. The van der Waals surface area contributed by atoms with Gasteiger partial charge in [0.1, 0.15) is 12.1 Å². The van der Waals surface area contributed by atoms with Crippen molar-refractivity contribution < 1.29 is 29.0 Å². The topological polar surface area (TPSA) is 122 Å². The van der Waals surface area contributed by atoms with Crippen molar-refractivity contribution in [2.24, 2.45) is 50.2 Å². The maximum Gasteiger partial charge on any atom is 0.338 e. The number of hydrogen-bond acceptors (Lipinski definition) is 5. The summed E-state index contributed by atoms with van der Waals surface area (Å²) in [6.07, 6.45) is 15.3. The Hall–Kier alpha value is -3.16. The molecule has 0 aliphatic heterocycles. The lowest BCUT2D eigenvalue weighted by atomic mass is 9.33. The van der Waals surface area contributed by atoms with Crippen LogP contribution in [0.15, 0.2) is 42.0 Å². The van der Waals surface area contributed by atoms with Crippen molar-refractivity contribution >= 4 is 23.8 Å². The van der Waals surface area contributed by atoms with Gasteiger partial charge < -0.3 is 20.5 Å². The summed E-state index contributed by atoms with van der Waals surface area (Å²) in [4.78, 5) is 50.8. The van der Waals surface area contributed by atoms with Crippen LogP contribution >= 0.6 is 0 Å². The molecule has 5 aliphatic rings. The highest BCUT2D eigenvalue weighted by Gasteiger charge is 2.69. The van der Waals surface area contributed by atoms with Gasteiger partial charge in [-0.05, 0) is 136 Å². The summed E-state index contributed by atoms with van der Waals surface area (Å²) in [5, 5.41) is 14.9. The minimum atomic E-state index is -1.04. The van der Waals surface area contributed by atoms with Crippen LogP contribution in [0, 0.1) is 50.2 Å². The molecule has 0 bridgehead atoms. The molecule has 2 amide bonds. The summed E-state index contributed by atoms with van der Waals surface area (Å²) >= 11 is 0. The van der Waals surface area contributed by atoms with E-state index in [2.05, 4.69) is 65.2 Å². The number of ether oxygens (including phenoxy) is 1. The predicted molar refractivity (Wildman–Crippen MR) is 211 cm³/mol. The molecule has 5 aliphatic carbocycles. The third-order valence-corrected chi connectivity index (χ3v) is 16.4. The van der Waals surface area contributed by atoms with Gasteiger partial charge in [-0.3, -0.25) is 14.4 Å². The van der Waals surface area contributed by atoms with Gasteiger partial charge in [-0.2, -0.15) is 0 Å². The lowest BCUT2D eigenvalue weighted by molar-refractivity contribution is -0.204. The number of unbranched alkanes of at least 4 members (excludes halogenated alkanes) is 2. The monoisotopic (exact) mass is 745 g/mol. The number of rotatable bonds is 11. The number of carbonyl (C=O) groups is 4. The zero-order valence-electron chi connectivity index (χ0n) is 34.4. The maximum absolute atomic E-state index is 14.4. The SMILES string of the molecule is C[C@H](NC(=O)CCCCCNC(=O)[C@]12CCC(C)(C)C[C@H]1C1=CC[C@@H]3[C@@]4(C)CC[C@H](OC(=O)c5ccccc5)C(C)(C)[C@@H]4CC[C@@]3(C)[C@]1(C)CC2)C(=O)O. The zero-order valence-corrected chi connectivity index (χ0v) is 34.4. The van der Waals surface area contributed by atoms with Crippen LogP contribution in [0.25, 0.3) is 0 Å². The number of carbonyl (C=O) groups excluding carboxylic acids is 3. The van der Waals surface area contributed by atoms with Crippen LogP contribution in [0.1, 0.15) is 156 Å².